The average Bonchev–Trinajstić information content (AvgIpc) is 3.21. The van der Waals surface area contributed by atoms with Crippen molar-refractivity contribution in [2.45, 2.75) is 31.7 Å². The molecule has 34 heavy (non-hydrogen) atoms. The van der Waals surface area contributed by atoms with E-state index in [1.807, 2.05) is 54.6 Å². The number of hydrogen-bond donors (Lipinski definition) is 0. The third-order valence-corrected chi connectivity index (χ3v) is 6.15. The zero-order valence-corrected chi connectivity index (χ0v) is 18.6. The molecule has 174 valence electrons. The first-order valence-electron chi connectivity index (χ1n) is 11.4. The molecule has 1 atom stereocenters. The fraction of sp³-hybridized carbons (Fsp3) is 0.214. The van der Waals surface area contributed by atoms with Crippen LogP contribution in [0.1, 0.15) is 34.8 Å². The van der Waals surface area contributed by atoms with Crippen molar-refractivity contribution in [3.05, 3.63) is 120 Å². The van der Waals surface area contributed by atoms with Crippen molar-refractivity contribution in [2.75, 3.05) is 6.54 Å². The third-order valence-electron chi connectivity index (χ3n) is 6.15. The Morgan fingerprint density at radius 3 is 2.41 bits per heavy atom. The molecule has 0 radical (unpaired) electrons. The van der Waals surface area contributed by atoms with E-state index >= 15 is 0 Å². The van der Waals surface area contributed by atoms with Crippen LogP contribution in [0.25, 0.3) is 0 Å². The molecule has 2 heterocycles. The van der Waals surface area contributed by atoms with Crippen LogP contribution in [0, 0.1) is 0 Å². The minimum atomic E-state index is -4.36. The van der Waals surface area contributed by atoms with Gasteiger partial charge >= 0.3 is 6.18 Å². The number of alkyl halides is 3. The topological polar surface area (TPSA) is 17.4 Å². The highest BCUT2D eigenvalue weighted by Gasteiger charge is 2.31. The summed E-state index contributed by atoms with van der Waals surface area (Å²) in [7, 11) is 0. The predicted molar refractivity (Wildman–Crippen MR) is 126 cm³/mol. The highest BCUT2D eigenvalue weighted by Crippen LogP contribution is 2.36. The summed E-state index contributed by atoms with van der Waals surface area (Å²) < 4.78 is 48.2. The molecule has 4 aromatic rings. The van der Waals surface area contributed by atoms with E-state index < -0.39 is 11.7 Å². The van der Waals surface area contributed by atoms with Gasteiger partial charge in [-0.25, -0.2) is 0 Å². The SMILES string of the molecule is FC(F)(F)c1cccc(CN2CCCn3cccc3[C@H]2c2cccc(Oc3ccccc3)c2)c1. The number of fused-ring (bicyclic) bond motifs is 1. The van der Waals surface area contributed by atoms with Crippen molar-refractivity contribution in [1.29, 1.82) is 0 Å². The standard InChI is InChI=1S/C28H25F3N2O/c29-28(30,31)23-10-4-8-21(18-23)20-33-17-7-16-32-15-6-14-26(32)27(33)22-9-5-13-25(19-22)34-24-11-2-1-3-12-24/h1-6,8-15,18-19,27H,7,16-17,20H2/t27-/m1/s1. The second kappa shape index (κ2) is 9.39. The van der Waals surface area contributed by atoms with E-state index in [-0.39, 0.29) is 6.04 Å². The van der Waals surface area contributed by atoms with Crippen molar-refractivity contribution >= 4 is 0 Å². The van der Waals surface area contributed by atoms with E-state index in [4.69, 9.17) is 4.74 Å². The molecular formula is C28H25F3N2O. The van der Waals surface area contributed by atoms with Crippen LogP contribution in [0.4, 0.5) is 13.2 Å². The molecule has 5 rings (SSSR count). The van der Waals surface area contributed by atoms with Crippen LogP contribution in [-0.2, 0) is 19.3 Å². The van der Waals surface area contributed by atoms with E-state index in [1.165, 1.54) is 12.1 Å². The summed E-state index contributed by atoms with van der Waals surface area (Å²) in [5, 5.41) is 0. The summed E-state index contributed by atoms with van der Waals surface area (Å²) in [5.41, 5.74) is 2.21. The van der Waals surface area contributed by atoms with Crippen molar-refractivity contribution < 1.29 is 17.9 Å². The second-order valence-electron chi connectivity index (χ2n) is 8.54. The maximum Gasteiger partial charge on any atom is 0.416 e. The molecule has 1 aromatic heterocycles. The Morgan fingerprint density at radius 1 is 0.794 bits per heavy atom. The zero-order valence-electron chi connectivity index (χ0n) is 18.6. The van der Waals surface area contributed by atoms with Crippen molar-refractivity contribution in [1.82, 2.24) is 9.47 Å². The van der Waals surface area contributed by atoms with Gasteiger partial charge in [-0.3, -0.25) is 4.90 Å². The Balaban J connectivity index is 1.50. The normalized spacial score (nSPS) is 16.6. The maximum atomic E-state index is 13.3. The van der Waals surface area contributed by atoms with Gasteiger partial charge < -0.3 is 9.30 Å². The molecule has 0 N–H and O–H groups in total. The van der Waals surface area contributed by atoms with Gasteiger partial charge in [0.05, 0.1) is 11.6 Å². The third kappa shape index (κ3) is 4.87. The average molecular weight is 463 g/mol. The van der Waals surface area contributed by atoms with Gasteiger partial charge in [-0.1, -0.05) is 48.5 Å². The Hall–Kier alpha value is -3.51. The maximum absolute atomic E-state index is 13.3. The number of aromatic nitrogens is 1. The number of aryl methyl sites for hydroxylation is 1. The monoisotopic (exact) mass is 462 g/mol. The molecule has 0 spiro atoms. The summed E-state index contributed by atoms with van der Waals surface area (Å²) in [5.74, 6) is 1.48. The van der Waals surface area contributed by atoms with E-state index in [1.54, 1.807) is 6.07 Å². The van der Waals surface area contributed by atoms with Crippen LogP contribution in [-0.4, -0.2) is 16.0 Å². The minimum absolute atomic E-state index is 0.105. The highest BCUT2D eigenvalue weighted by atomic mass is 19.4. The molecule has 1 aliphatic rings. The number of nitrogens with zero attached hydrogens (tertiary/aromatic N) is 2. The number of hydrogen-bond acceptors (Lipinski definition) is 2. The van der Waals surface area contributed by atoms with Gasteiger partial charge in [-0.15, -0.1) is 0 Å². The van der Waals surface area contributed by atoms with E-state index in [9.17, 15) is 13.2 Å². The summed E-state index contributed by atoms with van der Waals surface area (Å²) >= 11 is 0. The minimum Gasteiger partial charge on any atom is -0.457 e. The molecule has 0 saturated heterocycles. The fourth-order valence-corrected chi connectivity index (χ4v) is 4.64. The molecule has 0 fully saturated rings. The van der Waals surface area contributed by atoms with E-state index in [0.29, 0.717) is 12.1 Å². The Morgan fingerprint density at radius 2 is 1.59 bits per heavy atom. The Kier molecular flexibility index (Phi) is 6.16. The number of ether oxygens (including phenoxy) is 1. The van der Waals surface area contributed by atoms with Crippen LogP contribution in [0.3, 0.4) is 0 Å². The number of benzene rings is 3. The molecule has 6 heteroatoms. The van der Waals surface area contributed by atoms with Gasteiger partial charge in [0.25, 0.3) is 0 Å². The first kappa shape index (κ1) is 22.3. The molecule has 0 aliphatic carbocycles. The predicted octanol–water partition coefficient (Wildman–Crippen LogP) is 7.29. The molecule has 3 aromatic carbocycles. The summed E-state index contributed by atoms with van der Waals surface area (Å²) in [6, 6.07) is 27.2. The molecule has 0 bridgehead atoms. The number of para-hydroxylation sites is 1. The van der Waals surface area contributed by atoms with Gasteiger partial charge in [0, 0.05) is 31.5 Å². The van der Waals surface area contributed by atoms with Gasteiger partial charge in [-0.2, -0.15) is 13.2 Å². The van der Waals surface area contributed by atoms with Crippen LogP contribution in [0.5, 0.6) is 11.5 Å². The first-order valence-corrected chi connectivity index (χ1v) is 11.4. The van der Waals surface area contributed by atoms with Gasteiger partial charge in [0.1, 0.15) is 11.5 Å². The summed E-state index contributed by atoms with van der Waals surface area (Å²) in [4.78, 5) is 2.26. The quantitative estimate of drug-likeness (QED) is 0.310. The number of rotatable bonds is 5. The van der Waals surface area contributed by atoms with Crippen LogP contribution >= 0.6 is 0 Å². The lowest BCUT2D eigenvalue weighted by Gasteiger charge is -2.31. The summed E-state index contributed by atoms with van der Waals surface area (Å²) in [6.45, 7) is 2.06. The van der Waals surface area contributed by atoms with E-state index in [2.05, 4.69) is 27.8 Å². The van der Waals surface area contributed by atoms with Crippen LogP contribution in [0.15, 0.2) is 97.2 Å². The lowest BCUT2D eigenvalue weighted by atomic mass is 10.0. The van der Waals surface area contributed by atoms with Crippen molar-refractivity contribution in [3.63, 3.8) is 0 Å². The van der Waals surface area contributed by atoms with Gasteiger partial charge in [0.2, 0.25) is 0 Å². The first-order chi connectivity index (χ1) is 16.5. The molecule has 3 nitrogen and oxygen atoms in total. The highest BCUT2D eigenvalue weighted by molar-refractivity contribution is 5.38. The van der Waals surface area contributed by atoms with Crippen LogP contribution < -0.4 is 4.74 Å². The zero-order chi connectivity index (χ0) is 23.5. The number of halogens is 3. The largest absolute Gasteiger partial charge is 0.457 e. The van der Waals surface area contributed by atoms with Crippen molar-refractivity contribution in [2.24, 2.45) is 0 Å². The smallest absolute Gasteiger partial charge is 0.416 e. The molecule has 1 aliphatic heterocycles. The second-order valence-corrected chi connectivity index (χ2v) is 8.54. The lowest BCUT2D eigenvalue weighted by Crippen LogP contribution is -2.29. The molecular weight excluding hydrogens is 437 g/mol. The lowest BCUT2D eigenvalue weighted by molar-refractivity contribution is -0.137. The summed E-state index contributed by atoms with van der Waals surface area (Å²) in [6.07, 6.45) is -1.37. The van der Waals surface area contributed by atoms with Gasteiger partial charge in [0.15, 0.2) is 0 Å². The molecule has 0 unspecified atom stereocenters. The van der Waals surface area contributed by atoms with Crippen LogP contribution in [0.2, 0.25) is 0 Å². The Bertz CT molecular complexity index is 1250. The van der Waals surface area contributed by atoms with Crippen molar-refractivity contribution in [3.8, 4) is 11.5 Å². The Labute approximate surface area is 197 Å². The molecule has 0 amide bonds. The fourth-order valence-electron chi connectivity index (χ4n) is 4.64. The van der Waals surface area contributed by atoms with E-state index in [0.717, 1.165) is 48.3 Å². The van der Waals surface area contributed by atoms with Gasteiger partial charge in [-0.05, 0) is 60.0 Å². The molecule has 0 saturated carbocycles.